The van der Waals surface area contributed by atoms with Gasteiger partial charge in [0.15, 0.2) is 0 Å². The number of nitrogens with one attached hydrogen (secondary N) is 2. The number of hydrogen-bond acceptors (Lipinski definition) is 6. The van der Waals surface area contributed by atoms with Gasteiger partial charge in [0, 0.05) is 36.9 Å². The Morgan fingerprint density at radius 1 is 1.19 bits per heavy atom. The van der Waals surface area contributed by atoms with Crippen LogP contribution in [0.5, 0.6) is 0 Å². The standard InChI is InChI=1S/C18H19N7O/c26-17(13-2-1-3-15-16(13)23-24-22-15)20-12-7-9-25(10-12)18-19-8-6-14(21-18)11-4-5-11/h1-3,6,8,11-12H,4-5,7,9-10H2,(H,20,26)(H,22,23,24). The summed E-state index contributed by atoms with van der Waals surface area (Å²) in [7, 11) is 0. The van der Waals surface area contributed by atoms with Crippen molar-refractivity contribution in [1.82, 2.24) is 30.7 Å². The minimum absolute atomic E-state index is 0.0674. The summed E-state index contributed by atoms with van der Waals surface area (Å²) in [4.78, 5) is 23.9. The molecule has 0 bridgehead atoms. The van der Waals surface area contributed by atoms with Gasteiger partial charge in [-0.2, -0.15) is 15.4 Å². The van der Waals surface area contributed by atoms with E-state index in [2.05, 4.69) is 30.6 Å². The summed E-state index contributed by atoms with van der Waals surface area (Å²) >= 11 is 0. The molecule has 0 radical (unpaired) electrons. The number of carbonyl (C=O) groups is 1. The highest BCUT2D eigenvalue weighted by Gasteiger charge is 2.29. The van der Waals surface area contributed by atoms with Gasteiger partial charge in [-0.25, -0.2) is 9.97 Å². The van der Waals surface area contributed by atoms with E-state index < -0.39 is 0 Å². The van der Waals surface area contributed by atoms with Gasteiger partial charge in [0.1, 0.15) is 11.0 Å². The molecular formula is C18H19N7O. The number of amides is 1. The van der Waals surface area contributed by atoms with Gasteiger partial charge in [0.25, 0.3) is 5.91 Å². The summed E-state index contributed by atoms with van der Waals surface area (Å²) in [6, 6.07) is 7.50. The van der Waals surface area contributed by atoms with Crippen LogP contribution in [0.25, 0.3) is 11.0 Å². The fourth-order valence-corrected chi connectivity index (χ4v) is 3.49. The molecule has 2 aromatic heterocycles. The van der Waals surface area contributed by atoms with E-state index in [1.165, 1.54) is 12.8 Å². The number of aromatic amines is 1. The van der Waals surface area contributed by atoms with Crippen molar-refractivity contribution in [3.05, 3.63) is 41.7 Å². The average Bonchev–Trinajstić information content (AvgIpc) is 3.22. The summed E-state index contributed by atoms with van der Waals surface area (Å²) < 4.78 is 0. The van der Waals surface area contributed by atoms with Gasteiger partial charge in [-0.1, -0.05) is 6.07 Å². The zero-order chi connectivity index (χ0) is 17.5. The molecule has 26 heavy (non-hydrogen) atoms. The fraction of sp³-hybridized carbons (Fsp3) is 0.389. The number of para-hydroxylation sites is 1. The van der Waals surface area contributed by atoms with Crippen LogP contribution >= 0.6 is 0 Å². The highest BCUT2D eigenvalue weighted by Crippen LogP contribution is 2.39. The highest BCUT2D eigenvalue weighted by molar-refractivity contribution is 6.04. The second-order valence-corrected chi connectivity index (χ2v) is 6.96. The second kappa shape index (κ2) is 6.05. The number of fused-ring (bicyclic) bond motifs is 1. The molecule has 2 aliphatic rings. The zero-order valence-electron chi connectivity index (χ0n) is 14.2. The van der Waals surface area contributed by atoms with Gasteiger partial charge in [-0.3, -0.25) is 4.79 Å². The zero-order valence-corrected chi connectivity index (χ0v) is 14.2. The lowest BCUT2D eigenvalue weighted by Crippen LogP contribution is -2.37. The molecule has 3 heterocycles. The van der Waals surface area contributed by atoms with E-state index in [0.717, 1.165) is 24.6 Å². The monoisotopic (exact) mass is 349 g/mol. The van der Waals surface area contributed by atoms with Crippen LogP contribution in [0.1, 0.15) is 41.2 Å². The normalized spacial score (nSPS) is 19.8. The Kier molecular flexibility index (Phi) is 3.55. The molecule has 1 saturated carbocycles. The van der Waals surface area contributed by atoms with Crippen LogP contribution in [-0.2, 0) is 0 Å². The van der Waals surface area contributed by atoms with E-state index in [1.54, 1.807) is 6.07 Å². The Hall–Kier alpha value is -3.03. The van der Waals surface area contributed by atoms with Crippen LogP contribution < -0.4 is 10.2 Å². The number of hydrogen-bond donors (Lipinski definition) is 2. The van der Waals surface area contributed by atoms with E-state index in [0.29, 0.717) is 29.1 Å². The first kappa shape index (κ1) is 15.2. The van der Waals surface area contributed by atoms with E-state index in [4.69, 9.17) is 4.98 Å². The molecule has 0 spiro atoms. The van der Waals surface area contributed by atoms with Gasteiger partial charge in [0.2, 0.25) is 5.95 Å². The first-order valence-corrected chi connectivity index (χ1v) is 8.96. The summed E-state index contributed by atoms with van der Waals surface area (Å²) in [6.07, 6.45) is 5.16. The minimum Gasteiger partial charge on any atom is -0.347 e. The third-order valence-corrected chi connectivity index (χ3v) is 5.06. The summed E-state index contributed by atoms with van der Waals surface area (Å²) in [5.41, 5.74) is 2.97. The van der Waals surface area contributed by atoms with Crippen molar-refractivity contribution >= 4 is 22.9 Å². The second-order valence-electron chi connectivity index (χ2n) is 6.96. The molecular weight excluding hydrogens is 330 g/mol. The van der Waals surface area contributed by atoms with Crippen LogP contribution in [-0.4, -0.2) is 50.4 Å². The number of aromatic nitrogens is 5. The average molecular weight is 349 g/mol. The first-order chi connectivity index (χ1) is 12.8. The highest BCUT2D eigenvalue weighted by atomic mass is 16.1. The number of H-pyrrole nitrogens is 1. The van der Waals surface area contributed by atoms with Crippen molar-refractivity contribution in [1.29, 1.82) is 0 Å². The number of benzene rings is 1. The van der Waals surface area contributed by atoms with Gasteiger partial charge in [-0.05, 0) is 37.5 Å². The van der Waals surface area contributed by atoms with Crippen molar-refractivity contribution in [2.24, 2.45) is 0 Å². The number of anilines is 1. The molecule has 8 nitrogen and oxygen atoms in total. The lowest BCUT2D eigenvalue weighted by Gasteiger charge is -2.17. The summed E-state index contributed by atoms with van der Waals surface area (Å²) in [5, 5.41) is 13.8. The predicted molar refractivity (Wildman–Crippen MR) is 96.0 cm³/mol. The van der Waals surface area contributed by atoms with Crippen molar-refractivity contribution in [2.75, 3.05) is 18.0 Å². The van der Waals surface area contributed by atoms with Crippen LogP contribution in [0.2, 0.25) is 0 Å². The van der Waals surface area contributed by atoms with Crippen LogP contribution in [0, 0.1) is 0 Å². The van der Waals surface area contributed by atoms with Gasteiger partial charge in [0.05, 0.1) is 5.56 Å². The molecule has 1 amide bonds. The van der Waals surface area contributed by atoms with Crippen LogP contribution in [0.4, 0.5) is 5.95 Å². The Labute approximate surface area is 150 Å². The number of rotatable bonds is 4. The predicted octanol–water partition coefficient (Wildman–Crippen LogP) is 1.63. The number of carbonyl (C=O) groups excluding carboxylic acids is 1. The quantitative estimate of drug-likeness (QED) is 0.743. The smallest absolute Gasteiger partial charge is 0.253 e. The fourth-order valence-electron chi connectivity index (χ4n) is 3.49. The number of nitrogens with zero attached hydrogens (tertiary/aromatic N) is 5. The topological polar surface area (TPSA) is 99.7 Å². The van der Waals surface area contributed by atoms with Crippen molar-refractivity contribution in [3.8, 4) is 0 Å². The molecule has 2 fully saturated rings. The summed E-state index contributed by atoms with van der Waals surface area (Å²) in [6.45, 7) is 1.56. The lowest BCUT2D eigenvalue weighted by atomic mass is 10.1. The van der Waals surface area contributed by atoms with E-state index in [9.17, 15) is 4.79 Å². The maximum absolute atomic E-state index is 12.7. The molecule has 132 valence electrons. The van der Waals surface area contributed by atoms with Gasteiger partial charge >= 0.3 is 0 Å². The third kappa shape index (κ3) is 2.77. The molecule has 1 aliphatic heterocycles. The molecule has 1 aromatic carbocycles. The van der Waals surface area contributed by atoms with E-state index in [1.807, 2.05) is 24.4 Å². The van der Waals surface area contributed by atoms with E-state index in [-0.39, 0.29) is 11.9 Å². The Bertz CT molecular complexity index is 965. The molecule has 1 atom stereocenters. The van der Waals surface area contributed by atoms with Crippen LogP contribution in [0.3, 0.4) is 0 Å². The molecule has 3 aromatic rings. The van der Waals surface area contributed by atoms with Gasteiger partial charge in [-0.15, -0.1) is 0 Å². The largest absolute Gasteiger partial charge is 0.347 e. The first-order valence-electron chi connectivity index (χ1n) is 8.96. The molecule has 1 saturated heterocycles. The molecule has 5 rings (SSSR count). The Morgan fingerprint density at radius 2 is 2.12 bits per heavy atom. The Morgan fingerprint density at radius 3 is 3.00 bits per heavy atom. The minimum atomic E-state index is -0.121. The molecule has 1 aliphatic carbocycles. The Balaban J connectivity index is 1.28. The lowest BCUT2D eigenvalue weighted by molar-refractivity contribution is 0.0942. The van der Waals surface area contributed by atoms with Crippen LogP contribution in [0.15, 0.2) is 30.5 Å². The van der Waals surface area contributed by atoms with Gasteiger partial charge < -0.3 is 10.2 Å². The molecule has 8 heteroatoms. The maximum Gasteiger partial charge on any atom is 0.253 e. The summed E-state index contributed by atoms with van der Waals surface area (Å²) in [5.74, 6) is 1.26. The van der Waals surface area contributed by atoms with Crippen molar-refractivity contribution in [2.45, 2.75) is 31.2 Å². The third-order valence-electron chi connectivity index (χ3n) is 5.06. The molecule has 1 unspecified atom stereocenters. The van der Waals surface area contributed by atoms with Crippen molar-refractivity contribution in [3.63, 3.8) is 0 Å². The maximum atomic E-state index is 12.7. The van der Waals surface area contributed by atoms with E-state index >= 15 is 0 Å². The van der Waals surface area contributed by atoms with Crippen molar-refractivity contribution < 1.29 is 4.79 Å². The SMILES string of the molecule is O=C(NC1CCN(c2nccc(C3CC3)n2)C1)c1cccc2n[nH]nc12. The molecule has 2 N–H and O–H groups in total.